The summed E-state index contributed by atoms with van der Waals surface area (Å²) in [6, 6.07) is 14.7. The SMILES string of the molecule is Cc1cccc(C(CO)NC(=O)c2nc3cc4c(-c5ccncc5)n[nH]c4cc3[nH]2)c1. The van der Waals surface area contributed by atoms with E-state index >= 15 is 0 Å². The molecule has 0 saturated heterocycles. The Morgan fingerprint density at radius 3 is 2.74 bits per heavy atom. The van der Waals surface area contributed by atoms with Crippen molar-refractivity contribution in [1.29, 1.82) is 0 Å². The number of H-pyrrole nitrogens is 2. The third kappa shape index (κ3) is 3.53. The first kappa shape index (κ1) is 19.0. The molecule has 31 heavy (non-hydrogen) atoms. The minimum Gasteiger partial charge on any atom is -0.394 e. The van der Waals surface area contributed by atoms with E-state index in [-0.39, 0.29) is 18.3 Å². The van der Waals surface area contributed by atoms with Crippen LogP contribution in [0.15, 0.2) is 60.9 Å². The number of carbonyl (C=O) groups excluding carboxylic acids is 1. The topological polar surface area (TPSA) is 120 Å². The molecule has 0 radical (unpaired) electrons. The number of aliphatic hydroxyl groups excluding tert-OH is 1. The average Bonchev–Trinajstić information content (AvgIpc) is 3.39. The van der Waals surface area contributed by atoms with Crippen LogP contribution in [0, 0.1) is 6.92 Å². The van der Waals surface area contributed by atoms with Crippen LogP contribution in [0.2, 0.25) is 0 Å². The lowest BCUT2D eigenvalue weighted by Crippen LogP contribution is -2.31. The van der Waals surface area contributed by atoms with Crippen LogP contribution in [0.5, 0.6) is 0 Å². The van der Waals surface area contributed by atoms with Crippen molar-refractivity contribution in [3.8, 4) is 11.3 Å². The number of aromatic amines is 2. The predicted molar refractivity (Wildman–Crippen MR) is 117 cm³/mol. The first-order valence-electron chi connectivity index (χ1n) is 9.89. The summed E-state index contributed by atoms with van der Waals surface area (Å²) in [4.78, 5) is 24.4. The molecule has 0 bridgehead atoms. The lowest BCUT2D eigenvalue weighted by molar-refractivity contribution is 0.0907. The van der Waals surface area contributed by atoms with Crippen molar-refractivity contribution in [2.24, 2.45) is 0 Å². The second-order valence-corrected chi connectivity index (χ2v) is 7.43. The van der Waals surface area contributed by atoms with Crippen LogP contribution in [0.4, 0.5) is 0 Å². The summed E-state index contributed by atoms with van der Waals surface area (Å²) in [7, 11) is 0. The van der Waals surface area contributed by atoms with Gasteiger partial charge < -0.3 is 15.4 Å². The number of aryl methyl sites for hydroxylation is 1. The van der Waals surface area contributed by atoms with Gasteiger partial charge in [-0.2, -0.15) is 5.10 Å². The normalized spacial score (nSPS) is 12.3. The molecule has 0 fully saturated rings. The molecule has 5 aromatic rings. The number of imidazole rings is 1. The first-order valence-corrected chi connectivity index (χ1v) is 9.89. The summed E-state index contributed by atoms with van der Waals surface area (Å²) >= 11 is 0. The molecule has 2 aromatic carbocycles. The van der Waals surface area contributed by atoms with Gasteiger partial charge >= 0.3 is 0 Å². The monoisotopic (exact) mass is 412 g/mol. The van der Waals surface area contributed by atoms with Gasteiger partial charge in [0.2, 0.25) is 0 Å². The van der Waals surface area contributed by atoms with Crippen molar-refractivity contribution in [3.05, 3.63) is 77.9 Å². The Labute approximate surface area is 177 Å². The fourth-order valence-electron chi connectivity index (χ4n) is 3.71. The largest absolute Gasteiger partial charge is 0.394 e. The van der Waals surface area contributed by atoms with Gasteiger partial charge in [0.15, 0.2) is 5.82 Å². The molecule has 8 nitrogen and oxygen atoms in total. The standard InChI is InChI=1S/C23H20N6O2/c1-13-3-2-4-15(9-13)20(12-30)27-23(31)22-25-18-10-16-17(11-19(18)26-22)28-29-21(16)14-5-7-24-8-6-14/h2-11,20,30H,12H2,1H3,(H,25,26)(H,27,31)(H,28,29). The average molecular weight is 412 g/mol. The third-order valence-electron chi connectivity index (χ3n) is 5.27. The number of carbonyl (C=O) groups is 1. The molecule has 0 aliphatic rings. The molecule has 0 saturated carbocycles. The van der Waals surface area contributed by atoms with E-state index in [1.807, 2.05) is 55.5 Å². The molecular formula is C23H20N6O2. The second kappa shape index (κ2) is 7.66. The van der Waals surface area contributed by atoms with Crippen molar-refractivity contribution in [1.82, 2.24) is 30.5 Å². The lowest BCUT2D eigenvalue weighted by atomic mass is 10.1. The van der Waals surface area contributed by atoms with Gasteiger partial charge in [0, 0.05) is 23.3 Å². The summed E-state index contributed by atoms with van der Waals surface area (Å²) in [6.07, 6.45) is 3.44. The smallest absolute Gasteiger partial charge is 0.287 e. The number of pyridine rings is 1. The van der Waals surface area contributed by atoms with Gasteiger partial charge in [-0.25, -0.2) is 4.98 Å². The van der Waals surface area contributed by atoms with E-state index < -0.39 is 6.04 Å². The zero-order chi connectivity index (χ0) is 21.4. The Hall–Kier alpha value is -4.04. The van der Waals surface area contributed by atoms with Gasteiger partial charge in [0.25, 0.3) is 5.91 Å². The van der Waals surface area contributed by atoms with E-state index in [0.29, 0.717) is 5.52 Å². The molecule has 4 N–H and O–H groups in total. The summed E-state index contributed by atoms with van der Waals surface area (Å²) in [6.45, 7) is 1.76. The highest BCUT2D eigenvalue weighted by atomic mass is 16.3. The number of benzene rings is 2. The van der Waals surface area contributed by atoms with Crippen LogP contribution in [-0.4, -0.2) is 42.8 Å². The van der Waals surface area contributed by atoms with Gasteiger partial charge in [-0.3, -0.25) is 14.9 Å². The quantitative estimate of drug-likeness (QED) is 0.353. The van der Waals surface area contributed by atoms with Crippen LogP contribution >= 0.6 is 0 Å². The van der Waals surface area contributed by atoms with Gasteiger partial charge in [-0.15, -0.1) is 0 Å². The van der Waals surface area contributed by atoms with Gasteiger partial charge in [-0.05, 0) is 36.8 Å². The number of aliphatic hydroxyl groups is 1. The Balaban J connectivity index is 1.47. The Bertz CT molecular complexity index is 1390. The third-order valence-corrected chi connectivity index (χ3v) is 5.27. The molecule has 5 rings (SSSR count). The van der Waals surface area contributed by atoms with Crippen LogP contribution < -0.4 is 5.32 Å². The number of fused-ring (bicyclic) bond motifs is 2. The fourth-order valence-corrected chi connectivity index (χ4v) is 3.71. The maximum atomic E-state index is 12.8. The zero-order valence-electron chi connectivity index (χ0n) is 16.8. The van der Waals surface area contributed by atoms with E-state index in [0.717, 1.165) is 38.8 Å². The van der Waals surface area contributed by atoms with Gasteiger partial charge in [0.05, 0.1) is 29.2 Å². The van der Waals surface area contributed by atoms with E-state index in [9.17, 15) is 9.90 Å². The molecule has 3 heterocycles. The van der Waals surface area contributed by atoms with Crippen LogP contribution in [0.1, 0.15) is 27.8 Å². The minimum atomic E-state index is -0.516. The number of hydrogen-bond acceptors (Lipinski definition) is 5. The predicted octanol–water partition coefficient (Wildman–Crippen LogP) is 3.27. The van der Waals surface area contributed by atoms with E-state index in [2.05, 4.69) is 30.5 Å². The van der Waals surface area contributed by atoms with Crippen LogP contribution in [-0.2, 0) is 0 Å². The molecule has 8 heteroatoms. The summed E-state index contributed by atoms with van der Waals surface area (Å²) in [5, 5.41) is 21.0. The lowest BCUT2D eigenvalue weighted by Gasteiger charge is -2.16. The molecular weight excluding hydrogens is 392 g/mol. The number of aromatic nitrogens is 5. The molecule has 0 aliphatic heterocycles. The van der Waals surface area contributed by atoms with E-state index in [1.165, 1.54) is 0 Å². The summed E-state index contributed by atoms with van der Waals surface area (Å²) in [5.41, 5.74) is 5.86. The maximum Gasteiger partial charge on any atom is 0.287 e. The Kier molecular flexibility index (Phi) is 4.68. The van der Waals surface area contributed by atoms with Gasteiger partial charge in [0.1, 0.15) is 5.69 Å². The van der Waals surface area contributed by atoms with Crippen molar-refractivity contribution in [2.45, 2.75) is 13.0 Å². The highest BCUT2D eigenvalue weighted by molar-refractivity contribution is 6.02. The van der Waals surface area contributed by atoms with Crippen LogP contribution in [0.25, 0.3) is 33.2 Å². The molecule has 154 valence electrons. The molecule has 1 atom stereocenters. The Morgan fingerprint density at radius 1 is 1.13 bits per heavy atom. The highest BCUT2D eigenvalue weighted by Crippen LogP contribution is 2.29. The number of nitrogens with one attached hydrogen (secondary N) is 3. The summed E-state index contributed by atoms with van der Waals surface area (Å²) in [5.74, 6) is -0.194. The maximum absolute atomic E-state index is 12.8. The van der Waals surface area contributed by atoms with Crippen molar-refractivity contribution >= 4 is 27.8 Å². The molecule has 1 amide bonds. The molecule has 0 aliphatic carbocycles. The highest BCUT2D eigenvalue weighted by Gasteiger charge is 2.19. The zero-order valence-corrected chi connectivity index (χ0v) is 16.8. The van der Waals surface area contributed by atoms with E-state index in [1.54, 1.807) is 12.4 Å². The van der Waals surface area contributed by atoms with E-state index in [4.69, 9.17) is 0 Å². The number of amides is 1. The fraction of sp³-hybridized carbons (Fsp3) is 0.130. The molecule has 0 spiro atoms. The van der Waals surface area contributed by atoms with Crippen molar-refractivity contribution in [2.75, 3.05) is 6.61 Å². The summed E-state index contributed by atoms with van der Waals surface area (Å²) < 4.78 is 0. The minimum absolute atomic E-state index is 0.187. The number of hydrogen-bond donors (Lipinski definition) is 4. The number of rotatable bonds is 5. The second-order valence-electron chi connectivity index (χ2n) is 7.43. The van der Waals surface area contributed by atoms with Crippen molar-refractivity contribution in [3.63, 3.8) is 0 Å². The molecule has 3 aromatic heterocycles. The Morgan fingerprint density at radius 2 is 1.97 bits per heavy atom. The van der Waals surface area contributed by atoms with Crippen molar-refractivity contribution < 1.29 is 9.90 Å². The molecule has 1 unspecified atom stereocenters. The number of nitrogens with zero attached hydrogens (tertiary/aromatic N) is 3. The first-order chi connectivity index (χ1) is 15.1. The van der Waals surface area contributed by atoms with Gasteiger partial charge in [-0.1, -0.05) is 29.8 Å². The van der Waals surface area contributed by atoms with Crippen LogP contribution in [0.3, 0.4) is 0 Å².